The van der Waals surface area contributed by atoms with Crippen molar-refractivity contribution in [3.05, 3.63) is 60.2 Å². The number of carbonyl (C=O) groups excluding carboxylic acids is 2. The van der Waals surface area contributed by atoms with E-state index in [0.29, 0.717) is 31.1 Å². The average molecular weight is 385 g/mol. The molecule has 1 fully saturated rings. The highest BCUT2D eigenvalue weighted by Gasteiger charge is 2.34. The molecular weight excluding hydrogens is 360 g/mol. The average Bonchev–Trinajstić information content (AvgIpc) is 3.16. The van der Waals surface area contributed by atoms with E-state index in [1.807, 2.05) is 61.5 Å². The molecule has 0 bridgehead atoms. The normalized spacial score (nSPS) is 16.2. The van der Waals surface area contributed by atoms with Crippen molar-refractivity contribution < 1.29 is 14.3 Å². The van der Waals surface area contributed by atoms with E-state index in [1.54, 1.807) is 16.7 Å². The summed E-state index contributed by atoms with van der Waals surface area (Å²) >= 11 is 1.61. The highest BCUT2D eigenvalue weighted by Crippen LogP contribution is 2.23. The van der Waals surface area contributed by atoms with E-state index in [9.17, 15) is 9.59 Å². The molecule has 0 aliphatic carbocycles. The van der Waals surface area contributed by atoms with Gasteiger partial charge in [-0.2, -0.15) is 0 Å². The molecule has 27 heavy (non-hydrogen) atoms. The number of hydrogen-bond acceptors (Lipinski definition) is 4. The van der Waals surface area contributed by atoms with Gasteiger partial charge in [-0.25, -0.2) is 0 Å². The van der Waals surface area contributed by atoms with E-state index in [0.717, 1.165) is 17.0 Å². The van der Waals surface area contributed by atoms with Crippen LogP contribution in [-0.4, -0.2) is 41.0 Å². The van der Waals surface area contributed by atoms with Crippen LogP contribution in [0.1, 0.15) is 18.4 Å². The van der Waals surface area contributed by atoms with Gasteiger partial charge in [-0.3, -0.25) is 9.59 Å². The molecule has 5 nitrogen and oxygen atoms in total. The van der Waals surface area contributed by atoms with E-state index in [-0.39, 0.29) is 11.8 Å². The molecule has 0 spiro atoms. The molecule has 2 aromatic rings. The number of carbonyl (C=O) groups is 2. The van der Waals surface area contributed by atoms with Gasteiger partial charge in [0.05, 0.1) is 12.5 Å². The van der Waals surface area contributed by atoms with Gasteiger partial charge < -0.3 is 15.0 Å². The summed E-state index contributed by atoms with van der Waals surface area (Å²) in [5.74, 6) is 1.88. The number of aryl methyl sites for hydroxylation is 1. The number of rotatable bonds is 7. The molecule has 2 amide bonds. The lowest BCUT2D eigenvalue weighted by Gasteiger charge is -2.23. The first-order chi connectivity index (χ1) is 13.1. The fourth-order valence-corrected chi connectivity index (χ4v) is 4.10. The lowest BCUT2D eigenvalue weighted by atomic mass is 10.2. The van der Waals surface area contributed by atoms with Gasteiger partial charge >= 0.3 is 0 Å². The predicted octanol–water partition coefficient (Wildman–Crippen LogP) is 3.69. The van der Waals surface area contributed by atoms with E-state index < -0.39 is 6.04 Å². The molecule has 1 N–H and O–H groups in total. The minimum Gasteiger partial charge on any atom is -0.494 e. The highest BCUT2D eigenvalue weighted by atomic mass is 32.2. The minimum absolute atomic E-state index is 0.000976. The summed E-state index contributed by atoms with van der Waals surface area (Å²) in [5, 5.41) is 2.89. The topological polar surface area (TPSA) is 58.6 Å². The van der Waals surface area contributed by atoms with E-state index in [1.165, 1.54) is 0 Å². The van der Waals surface area contributed by atoms with Crippen LogP contribution in [0.15, 0.2) is 54.6 Å². The number of thioether (sulfide) groups is 1. The second-order valence-corrected chi connectivity index (χ2v) is 7.50. The first-order valence-electron chi connectivity index (χ1n) is 9.06. The van der Waals surface area contributed by atoms with Crippen molar-refractivity contribution in [1.29, 1.82) is 0 Å². The summed E-state index contributed by atoms with van der Waals surface area (Å²) in [6, 6.07) is 16.8. The Bertz CT molecular complexity index is 782. The molecule has 1 aliphatic heterocycles. The Labute approximate surface area is 164 Å². The fraction of sp³-hybridized carbons (Fsp3) is 0.333. The molecule has 1 aliphatic rings. The van der Waals surface area contributed by atoms with Crippen LogP contribution >= 0.6 is 11.8 Å². The molecule has 142 valence electrons. The number of benzene rings is 2. The van der Waals surface area contributed by atoms with E-state index >= 15 is 0 Å². The lowest BCUT2D eigenvalue weighted by Crippen LogP contribution is -2.44. The summed E-state index contributed by atoms with van der Waals surface area (Å²) in [7, 11) is 0. The Morgan fingerprint density at radius 2 is 2.00 bits per heavy atom. The number of amides is 2. The van der Waals surface area contributed by atoms with E-state index in [2.05, 4.69) is 5.32 Å². The van der Waals surface area contributed by atoms with Crippen LogP contribution in [-0.2, 0) is 9.59 Å². The molecular formula is C21H24N2O3S. The Balaban J connectivity index is 1.46. The van der Waals surface area contributed by atoms with Gasteiger partial charge in [0.25, 0.3) is 0 Å². The van der Waals surface area contributed by atoms with Gasteiger partial charge in [-0.05, 0) is 43.2 Å². The van der Waals surface area contributed by atoms with Crippen molar-refractivity contribution in [3.63, 3.8) is 0 Å². The monoisotopic (exact) mass is 384 g/mol. The molecule has 0 aromatic heterocycles. The second-order valence-electron chi connectivity index (χ2n) is 6.50. The molecule has 0 unspecified atom stereocenters. The Morgan fingerprint density at radius 3 is 2.78 bits per heavy atom. The van der Waals surface area contributed by atoms with Gasteiger partial charge in [-0.1, -0.05) is 30.3 Å². The maximum atomic E-state index is 12.6. The van der Waals surface area contributed by atoms with Crippen molar-refractivity contribution >= 4 is 29.3 Å². The minimum atomic E-state index is -0.416. The van der Waals surface area contributed by atoms with Gasteiger partial charge in [0.15, 0.2) is 0 Å². The molecule has 2 aromatic carbocycles. The molecule has 1 atom stereocenters. The molecule has 6 heteroatoms. The lowest BCUT2D eigenvalue weighted by molar-refractivity contribution is -0.136. The Hall–Kier alpha value is -2.47. The molecule has 1 saturated heterocycles. The van der Waals surface area contributed by atoms with Crippen LogP contribution in [0.5, 0.6) is 5.75 Å². The predicted molar refractivity (Wildman–Crippen MR) is 109 cm³/mol. The standard InChI is InChI=1S/C21H24N2O3S/c1-16-7-5-10-18(13-16)26-12-6-11-20(24)23-15-27-14-19(23)21(25)22-17-8-3-2-4-9-17/h2-5,7-10,13,19H,6,11-12,14-15H2,1H3,(H,22,25)/t19-/m1/s1. The second kappa shape index (κ2) is 9.46. The Kier molecular flexibility index (Phi) is 6.76. The van der Waals surface area contributed by atoms with Gasteiger partial charge in [-0.15, -0.1) is 11.8 Å². The summed E-state index contributed by atoms with van der Waals surface area (Å²) < 4.78 is 5.70. The summed E-state index contributed by atoms with van der Waals surface area (Å²) in [4.78, 5) is 26.8. The summed E-state index contributed by atoms with van der Waals surface area (Å²) in [5.41, 5.74) is 1.89. The number of ether oxygens (including phenoxy) is 1. The van der Waals surface area contributed by atoms with Crippen molar-refractivity contribution in [2.75, 3.05) is 23.6 Å². The third-order valence-electron chi connectivity index (χ3n) is 4.34. The molecule has 1 heterocycles. The largest absolute Gasteiger partial charge is 0.494 e. The van der Waals surface area contributed by atoms with Gasteiger partial charge in [0, 0.05) is 17.9 Å². The van der Waals surface area contributed by atoms with Crippen molar-refractivity contribution in [2.24, 2.45) is 0 Å². The van der Waals surface area contributed by atoms with Crippen LogP contribution in [0.4, 0.5) is 5.69 Å². The third-order valence-corrected chi connectivity index (χ3v) is 5.35. The SMILES string of the molecule is Cc1cccc(OCCCC(=O)N2CSC[C@@H]2C(=O)Nc2ccccc2)c1. The Morgan fingerprint density at radius 1 is 1.19 bits per heavy atom. The van der Waals surface area contributed by atoms with Crippen LogP contribution in [0, 0.1) is 6.92 Å². The zero-order chi connectivity index (χ0) is 19.1. The van der Waals surface area contributed by atoms with Crippen LogP contribution in [0.3, 0.4) is 0 Å². The maximum Gasteiger partial charge on any atom is 0.248 e. The highest BCUT2D eigenvalue weighted by molar-refractivity contribution is 7.99. The van der Waals surface area contributed by atoms with Gasteiger partial charge in [0.1, 0.15) is 11.8 Å². The number of para-hydroxylation sites is 1. The quantitative estimate of drug-likeness (QED) is 0.740. The van der Waals surface area contributed by atoms with Crippen LogP contribution in [0.25, 0.3) is 0 Å². The van der Waals surface area contributed by atoms with Crippen LogP contribution < -0.4 is 10.1 Å². The first-order valence-corrected chi connectivity index (χ1v) is 10.2. The summed E-state index contributed by atoms with van der Waals surface area (Å²) in [6.45, 7) is 2.50. The molecule has 3 rings (SSSR count). The number of nitrogens with one attached hydrogen (secondary N) is 1. The number of anilines is 1. The zero-order valence-corrected chi connectivity index (χ0v) is 16.2. The molecule has 0 radical (unpaired) electrons. The first kappa shape index (κ1) is 19.3. The zero-order valence-electron chi connectivity index (χ0n) is 15.4. The maximum absolute atomic E-state index is 12.6. The fourth-order valence-electron chi connectivity index (χ4n) is 2.91. The third kappa shape index (κ3) is 5.50. The summed E-state index contributed by atoms with van der Waals surface area (Å²) in [6.07, 6.45) is 1.00. The van der Waals surface area contributed by atoms with Gasteiger partial charge in [0.2, 0.25) is 11.8 Å². The number of hydrogen-bond donors (Lipinski definition) is 1. The smallest absolute Gasteiger partial charge is 0.248 e. The van der Waals surface area contributed by atoms with Crippen molar-refractivity contribution in [2.45, 2.75) is 25.8 Å². The number of nitrogens with zero attached hydrogens (tertiary/aromatic N) is 1. The molecule has 0 saturated carbocycles. The van der Waals surface area contributed by atoms with E-state index in [4.69, 9.17) is 4.74 Å². The van der Waals surface area contributed by atoms with Crippen molar-refractivity contribution in [3.8, 4) is 5.75 Å². The van der Waals surface area contributed by atoms with Crippen LogP contribution in [0.2, 0.25) is 0 Å². The van der Waals surface area contributed by atoms with Crippen molar-refractivity contribution in [1.82, 2.24) is 4.90 Å².